The van der Waals surface area contributed by atoms with Crippen LogP contribution in [0.1, 0.15) is 30.4 Å². The Morgan fingerprint density at radius 2 is 1.38 bits per heavy atom. The molecule has 0 fully saturated rings. The standard InChI is InChI=1S/C37H34N2/c1-28-12-18-33(19-13-28)38-34-20-26-37(27-21-34)39(35-22-14-31(15-23-35)29-8-4-2-5-9-29)36-24-16-32(17-25-36)30-10-6-3-7-11-30/h2-6,8-10,12-26,37-38H,7,11,27H2,1H3. The summed E-state index contributed by atoms with van der Waals surface area (Å²) in [5.41, 5.74) is 11.1. The topological polar surface area (TPSA) is 15.3 Å². The second kappa shape index (κ2) is 11.4. The lowest BCUT2D eigenvalue weighted by Gasteiger charge is -2.33. The fraction of sp³-hybridized carbons (Fsp3) is 0.135. The molecule has 1 unspecified atom stereocenters. The second-order valence-corrected chi connectivity index (χ2v) is 10.3. The molecule has 1 atom stereocenters. The SMILES string of the molecule is Cc1ccc(NC2=CCC(N(c3ccc(C4=CC=CCC4)cc3)c3ccc(-c4ccccc4)cc3)C=C2)cc1. The van der Waals surface area contributed by atoms with Gasteiger partial charge in [-0.1, -0.05) is 103 Å². The van der Waals surface area contributed by atoms with Crippen molar-refractivity contribution in [2.24, 2.45) is 0 Å². The molecule has 0 saturated carbocycles. The first-order valence-corrected chi connectivity index (χ1v) is 13.9. The molecule has 0 saturated heterocycles. The van der Waals surface area contributed by atoms with E-state index in [0.29, 0.717) is 0 Å². The van der Waals surface area contributed by atoms with Crippen molar-refractivity contribution in [2.75, 3.05) is 10.2 Å². The van der Waals surface area contributed by atoms with Gasteiger partial charge in [0, 0.05) is 22.8 Å². The Balaban J connectivity index is 1.28. The van der Waals surface area contributed by atoms with Gasteiger partial charge in [-0.2, -0.15) is 0 Å². The normalized spacial score (nSPS) is 16.4. The summed E-state index contributed by atoms with van der Waals surface area (Å²) in [4.78, 5) is 2.46. The Bertz CT molecular complexity index is 1520. The summed E-state index contributed by atoms with van der Waals surface area (Å²) < 4.78 is 0. The van der Waals surface area contributed by atoms with Gasteiger partial charge < -0.3 is 10.2 Å². The van der Waals surface area contributed by atoms with Crippen molar-refractivity contribution in [3.05, 3.63) is 156 Å². The lowest BCUT2D eigenvalue weighted by molar-refractivity contribution is 0.780. The van der Waals surface area contributed by atoms with Gasteiger partial charge in [-0.25, -0.2) is 0 Å². The number of hydrogen-bond acceptors (Lipinski definition) is 2. The molecule has 6 rings (SSSR count). The molecule has 2 nitrogen and oxygen atoms in total. The predicted molar refractivity (Wildman–Crippen MR) is 167 cm³/mol. The number of rotatable bonds is 7. The van der Waals surface area contributed by atoms with Crippen LogP contribution in [0, 0.1) is 6.92 Å². The van der Waals surface area contributed by atoms with E-state index >= 15 is 0 Å². The zero-order valence-corrected chi connectivity index (χ0v) is 22.4. The molecule has 2 aliphatic carbocycles. The third-order valence-electron chi connectivity index (χ3n) is 7.53. The zero-order chi connectivity index (χ0) is 26.4. The monoisotopic (exact) mass is 506 g/mol. The van der Waals surface area contributed by atoms with Crippen molar-refractivity contribution in [1.29, 1.82) is 0 Å². The van der Waals surface area contributed by atoms with E-state index in [-0.39, 0.29) is 6.04 Å². The highest BCUT2D eigenvalue weighted by Gasteiger charge is 2.21. The number of nitrogens with zero attached hydrogens (tertiary/aromatic N) is 1. The lowest BCUT2D eigenvalue weighted by atomic mass is 9.96. The summed E-state index contributed by atoms with van der Waals surface area (Å²) in [5, 5.41) is 3.56. The molecule has 39 heavy (non-hydrogen) atoms. The van der Waals surface area contributed by atoms with Gasteiger partial charge in [0.15, 0.2) is 0 Å². The lowest BCUT2D eigenvalue weighted by Crippen LogP contribution is -2.30. The van der Waals surface area contributed by atoms with Crippen LogP contribution in [-0.4, -0.2) is 6.04 Å². The van der Waals surface area contributed by atoms with Crippen LogP contribution in [0.2, 0.25) is 0 Å². The zero-order valence-electron chi connectivity index (χ0n) is 22.4. The maximum atomic E-state index is 3.56. The molecule has 0 aromatic heterocycles. The summed E-state index contributed by atoms with van der Waals surface area (Å²) in [5.74, 6) is 0. The Kier molecular flexibility index (Phi) is 7.27. The van der Waals surface area contributed by atoms with Gasteiger partial charge in [0.05, 0.1) is 6.04 Å². The maximum absolute atomic E-state index is 3.56. The van der Waals surface area contributed by atoms with E-state index in [4.69, 9.17) is 0 Å². The smallest absolute Gasteiger partial charge is 0.0561 e. The van der Waals surface area contributed by atoms with E-state index in [1.807, 2.05) is 0 Å². The number of benzene rings is 4. The van der Waals surface area contributed by atoms with Crippen molar-refractivity contribution in [2.45, 2.75) is 32.2 Å². The van der Waals surface area contributed by atoms with Crippen LogP contribution in [-0.2, 0) is 0 Å². The van der Waals surface area contributed by atoms with Gasteiger partial charge in [-0.15, -0.1) is 0 Å². The average molecular weight is 507 g/mol. The molecule has 1 N–H and O–H groups in total. The third-order valence-corrected chi connectivity index (χ3v) is 7.53. The van der Waals surface area contributed by atoms with Gasteiger partial charge >= 0.3 is 0 Å². The van der Waals surface area contributed by atoms with E-state index < -0.39 is 0 Å². The molecule has 2 aliphatic rings. The minimum absolute atomic E-state index is 0.221. The highest BCUT2D eigenvalue weighted by molar-refractivity contribution is 5.74. The molecule has 0 amide bonds. The summed E-state index contributed by atoms with van der Waals surface area (Å²) in [6.45, 7) is 2.12. The summed E-state index contributed by atoms with van der Waals surface area (Å²) in [7, 11) is 0. The molecule has 4 aromatic rings. The third kappa shape index (κ3) is 5.81. The molecule has 0 bridgehead atoms. The summed E-state index contributed by atoms with van der Waals surface area (Å²) in [6, 6.07) is 37.4. The van der Waals surface area contributed by atoms with Crippen LogP contribution in [0.5, 0.6) is 0 Å². The Morgan fingerprint density at radius 1 is 0.718 bits per heavy atom. The molecule has 2 heteroatoms. The van der Waals surface area contributed by atoms with Crippen LogP contribution in [0.15, 0.2) is 145 Å². The predicted octanol–water partition coefficient (Wildman–Crippen LogP) is 9.86. The van der Waals surface area contributed by atoms with Crippen molar-refractivity contribution < 1.29 is 0 Å². The van der Waals surface area contributed by atoms with Gasteiger partial charge in [-0.05, 0) is 90.9 Å². The molecular weight excluding hydrogens is 472 g/mol. The molecule has 0 heterocycles. The summed E-state index contributed by atoms with van der Waals surface area (Å²) in [6.07, 6.45) is 16.6. The highest BCUT2D eigenvalue weighted by Crippen LogP contribution is 2.35. The van der Waals surface area contributed by atoms with Crippen LogP contribution < -0.4 is 10.2 Å². The fourth-order valence-corrected chi connectivity index (χ4v) is 5.35. The van der Waals surface area contributed by atoms with Gasteiger partial charge in [0.1, 0.15) is 0 Å². The number of nitrogens with one attached hydrogen (secondary N) is 1. The Labute approximate surface area is 232 Å². The first-order chi connectivity index (χ1) is 19.2. The first kappa shape index (κ1) is 24.8. The van der Waals surface area contributed by atoms with Gasteiger partial charge in [-0.3, -0.25) is 0 Å². The maximum Gasteiger partial charge on any atom is 0.0561 e. The van der Waals surface area contributed by atoms with Crippen LogP contribution >= 0.6 is 0 Å². The molecule has 0 aliphatic heterocycles. The second-order valence-electron chi connectivity index (χ2n) is 10.3. The molecular formula is C37H34N2. The van der Waals surface area contributed by atoms with Crippen LogP contribution in [0.4, 0.5) is 17.1 Å². The molecule has 192 valence electrons. The summed E-state index contributed by atoms with van der Waals surface area (Å²) >= 11 is 0. The number of allylic oxidation sites excluding steroid dienone is 5. The molecule has 0 spiro atoms. The van der Waals surface area contributed by atoms with Crippen molar-refractivity contribution in [3.8, 4) is 11.1 Å². The Hall–Kier alpha value is -4.56. The largest absolute Gasteiger partial charge is 0.356 e. The number of hydrogen-bond donors (Lipinski definition) is 1. The van der Waals surface area contributed by atoms with Crippen molar-refractivity contribution in [3.63, 3.8) is 0 Å². The minimum atomic E-state index is 0.221. The van der Waals surface area contributed by atoms with E-state index in [2.05, 4.69) is 157 Å². The molecule has 4 aromatic carbocycles. The van der Waals surface area contributed by atoms with Crippen molar-refractivity contribution >= 4 is 22.6 Å². The first-order valence-electron chi connectivity index (χ1n) is 13.9. The van der Waals surface area contributed by atoms with Crippen molar-refractivity contribution in [1.82, 2.24) is 0 Å². The van der Waals surface area contributed by atoms with Gasteiger partial charge in [0.25, 0.3) is 0 Å². The van der Waals surface area contributed by atoms with Crippen LogP contribution in [0.3, 0.4) is 0 Å². The number of aryl methyl sites for hydroxylation is 1. The fourth-order valence-electron chi connectivity index (χ4n) is 5.35. The quantitative estimate of drug-likeness (QED) is 0.268. The molecule has 0 radical (unpaired) electrons. The minimum Gasteiger partial charge on any atom is -0.356 e. The van der Waals surface area contributed by atoms with E-state index in [1.165, 1.54) is 39.2 Å². The highest BCUT2D eigenvalue weighted by atomic mass is 15.2. The number of anilines is 3. The average Bonchev–Trinajstić information content (AvgIpc) is 3.01. The Morgan fingerprint density at radius 3 is 2.00 bits per heavy atom. The van der Waals surface area contributed by atoms with E-state index in [9.17, 15) is 0 Å². The van der Waals surface area contributed by atoms with Crippen LogP contribution in [0.25, 0.3) is 16.7 Å². The van der Waals surface area contributed by atoms with E-state index in [1.54, 1.807) is 0 Å². The van der Waals surface area contributed by atoms with Gasteiger partial charge in [0.2, 0.25) is 0 Å². The van der Waals surface area contributed by atoms with E-state index in [0.717, 1.165) is 30.6 Å².